The van der Waals surface area contributed by atoms with E-state index in [0.717, 1.165) is 18.4 Å². The molecule has 1 fully saturated rings. The molecule has 1 aromatic heterocycles. The maximum atomic E-state index is 12.3. The zero-order valence-electron chi connectivity index (χ0n) is 13.1. The maximum absolute atomic E-state index is 12.3. The topological polar surface area (TPSA) is 75.4 Å². The van der Waals surface area contributed by atoms with Crippen molar-refractivity contribution in [1.82, 2.24) is 14.2 Å². The molecule has 2 aromatic rings. The Labute approximate surface area is 136 Å². The smallest absolute Gasteiger partial charge is 0.279 e. The molecule has 1 N–H and O–H groups in total. The molecule has 0 aliphatic carbocycles. The molecule has 0 saturated carbocycles. The van der Waals surface area contributed by atoms with Crippen LogP contribution < -0.4 is 4.72 Å². The lowest BCUT2D eigenvalue weighted by Gasteiger charge is -2.29. The third kappa shape index (κ3) is 3.99. The number of aromatic nitrogens is 1. The molecule has 7 heteroatoms. The van der Waals surface area contributed by atoms with E-state index in [2.05, 4.69) is 16.8 Å². The Morgan fingerprint density at radius 1 is 1.35 bits per heavy atom. The molecule has 0 amide bonds. The lowest BCUT2D eigenvalue weighted by atomic mass is 10.0. The molecule has 0 unspecified atom stereocenters. The summed E-state index contributed by atoms with van der Waals surface area (Å²) in [5.41, 5.74) is 1.64. The normalized spacial score (nSPS) is 19.8. The predicted molar refractivity (Wildman–Crippen MR) is 87.7 cm³/mol. The van der Waals surface area contributed by atoms with Crippen LogP contribution in [0.15, 0.2) is 40.9 Å². The monoisotopic (exact) mass is 335 g/mol. The number of hydrogen-bond donors (Lipinski definition) is 1. The van der Waals surface area contributed by atoms with Crippen LogP contribution in [0, 0.1) is 5.92 Å². The van der Waals surface area contributed by atoms with Crippen LogP contribution in [0.1, 0.15) is 25.5 Å². The zero-order chi connectivity index (χ0) is 16.3. The van der Waals surface area contributed by atoms with Gasteiger partial charge in [0.15, 0.2) is 5.76 Å². The second-order valence-electron chi connectivity index (χ2n) is 5.98. The molecule has 0 spiro atoms. The van der Waals surface area contributed by atoms with Crippen molar-refractivity contribution in [1.29, 1.82) is 0 Å². The van der Waals surface area contributed by atoms with Gasteiger partial charge < -0.3 is 4.52 Å². The minimum absolute atomic E-state index is 0.104. The van der Waals surface area contributed by atoms with Gasteiger partial charge in [-0.2, -0.15) is 17.4 Å². The average Bonchev–Trinajstić information content (AvgIpc) is 3.03. The highest BCUT2D eigenvalue weighted by Crippen LogP contribution is 2.20. The molecule has 3 rings (SSSR count). The summed E-state index contributed by atoms with van der Waals surface area (Å²) < 4.78 is 34.0. The van der Waals surface area contributed by atoms with Crippen LogP contribution in [-0.2, 0) is 16.8 Å². The van der Waals surface area contributed by atoms with E-state index in [-0.39, 0.29) is 6.54 Å². The Bertz CT molecular complexity index is 743. The third-order valence-electron chi connectivity index (χ3n) is 4.02. The van der Waals surface area contributed by atoms with Crippen molar-refractivity contribution in [3.63, 3.8) is 0 Å². The Morgan fingerprint density at radius 3 is 2.87 bits per heavy atom. The summed E-state index contributed by atoms with van der Waals surface area (Å²) in [4.78, 5) is 0. The van der Waals surface area contributed by atoms with Crippen LogP contribution >= 0.6 is 0 Å². The standard InChI is InChI=1S/C16H21N3O3S/c1-13-6-5-9-19(12-13)23(20,21)17-11-15-10-16(18-22-15)14-7-3-2-4-8-14/h2-4,7-8,10,13,17H,5-6,9,11-12H2,1H3/t13-/m0/s1. The maximum Gasteiger partial charge on any atom is 0.279 e. The van der Waals surface area contributed by atoms with Crippen molar-refractivity contribution in [3.8, 4) is 11.3 Å². The molecular weight excluding hydrogens is 314 g/mol. The first-order valence-corrected chi connectivity index (χ1v) is 9.24. The molecule has 2 heterocycles. The van der Waals surface area contributed by atoms with Crippen LogP contribution in [0.3, 0.4) is 0 Å². The first-order valence-electron chi connectivity index (χ1n) is 7.80. The van der Waals surface area contributed by atoms with Gasteiger partial charge in [-0.3, -0.25) is 0 Å². The van der Waals surface area contributed by atoms with Crippen LogP contribution in [0.2, 0.25) is 0 Å². The Hall–Kier alpha value is -1.70. The third-order valence-corrected chi connectivity index (χ3v) is 5.54. The summed E-state index contributed by atoms with van der Waals surface area (Å²) >= 11 is 0. The molecular formula is C16H21N3O3S. The summed E-state index contributed by atoms with van der Waals surface area (Å²) in [5, 5.41) is 3.99. The SMILES string of the molecule is C[C@H]1CCCN(S(=O)(=O)NCc2cc(-c3ccccc3)no2)C1. The lowest BCUT2D eigenvalue weighted by molar-refractivity contribution is 0.277. The van der Waals surface area contributed by atoms with Gasteiger partial charge in [0.25, 0.3) is 10.2 Å². The van der Waals surface area contributed by atoms with E-state index in [1.807, 2.05) is 30.3 Å². The highest BCUT2D eigenvalue weighted by atomic mass is 32.2. The largest absolute Gasteiger partial charge is 0.359 e. The summed E-state index contributed by atoms with van der Waals surface area (Å²) in [6.45, 7) is 3.32. The molecule has 0 radical (unpaired) electrons. The van der Waals surface area contributed by atoms with E-state index in [0.29, 0.717) is 30.5 Å². The fourth-order valence-corrected chi connectivity index (χ4v) is 4.09. The quantitative estimate of drug-likeness (QED) is 0.910. The lowest BCUT2D eigenvalue weighted by Crippen LogP contribution is -2.45. The van der Waals surface area contributed by atoms with E-state index in [1.165, 1.54) is 4.31 Å². The van der Waals surface area contributed by atoms with Gasteiger partial charge in [0.2, 0.25) is 0 Å². The van der Waals surface area contributed by atoms with E-state index >= 15 is 0 Å². The number of benzene rings is 1. The number of rotatable bonds is 5. The van der Waals surface area contributed by atoms with Crippen molar-refractivity contribution in [2.24, 2.45) is 5.92 Å². The highest BCUT2D eigenvalue weighted by Gasteiger charge is 2.26. The van der Waals surface area contributed by atoms with Gasteiger partial charge in [-0.25, -0.2) is 0 Å². The molecule has 6 nitrogen and oxygen atoms in total. The second kappa shape index (κ2) is 6.82. The van der Waals surface area contributed by atoms with Gasteiger partial charge in [-0.1, -0.05) is 42.4 Å². The molecule has 23 heavy (non-hydrogen) atoms. The predicted octanol–water partition coefficient (Wildman–Crippen LogP) is 2.41. The Morgan fingerprint density at radius 2 is 2.13 bits per heavy atom. The van der Waals surface area contributed by atoms with Crippen molar-refractivity contribution >= 4 is 10.2 Å². The number of nitrogens with one attached hydrogen (secondary N) is 1. The second-order valence-corrected chi connectivity index (χ2v) is 7.73. The molecule has 1 aliphatic rings. The first-order chi connectivity index (χ1) is 11.0. The van der Waals surface area contributed by atoms with Crippen molar-refractivity contribution in [3.05, 3.63) is 42.2 Å². The summed E-state index contributed by atoms with van der Waals surface area (Å²) in [6.07, 6.45) is 1.98. The van der Waals surface area contributed by atoms with Crippen LogP contribution in [0.4, 0.5) is 0 Å². The fraction of sp³-hybridized carbons (Fsp3) is 0.438. The Balaban J connectivity index is 1.63. The molecule has 1 saturated heterocycles. The Kier molecular flexibility index (Phi) is 4.79. The summed E-state index contributed by atoms with van der Waals surface area (Å²) in [6, 6.07) is 11.4. The molecule has 1 atom stereocenters. The molecule has 0 bridgehead atoms. The molecule has 1 aromatic carbocycles. The van der Waals surface area contributed by atoms with Gasteiger partial charge in [0.1, 0.15) is 5.69 Å². The first kappa shape index (κ1) is 16.2. The minimum Gasteiger partial charge on any atom is -0.359 e. The van der Waals surface area contributed by atoms with Crippen molar-refractivity contribution < 1.29 is 12.9 Å². The minimum atomic E-state index is -3.47. The van der Waals surface area contributed by atoms with Gasteiger partial charge in [0, 0.05) is 24.7 Å². The zero-order valence-corrected chi connectivity index (χ0v) is 13.9. The van der Waals surface area contributed by atoms with Gasteiger partial charge in [0.05, 0.1) is 6.54 Å². The van der Waals surface area contributed by atoms with E-state index in [9.17, 15) is 8.42 Å². The summed E-state index contributed by atoms with van der Waals surface area (Å²) in [7, 11) is -3.47. The van der Waals surface area contributed by atoms with Crippen LogP contribution in [0.5, 0.6) is 0 Å². The van der Waals surface area contributed by atoms with Gasteiger partial charge in [-0.15, -0.1) is 0 Å². The van der Waals surface area contributed by atoms with Gasteiger partial charge in [-0.05, 0) is 18.8 Å². The van der Waals surface area contributed by atoms with Crippen molar-refractivity contribution in [2.45, 2.75) is 26.3 Å². The average molecular weight is 335 g/mol. The number of nitrogens with zero attached hydrogens (tertiary/aromatic N) is 2. The van der Waals surface area contributed by atoms with Crippen LogP contribution in [-0.4, -0.2) is 31.0 Å². The number of piperidine rings is 1. The van der Waals surface area contributed by atoms with E-state index in [1.54, 1.807) is 6.07 Å². The van der Waals surface area contributed by atoms with Gasteiger partial charge >= 0.3 is 0 Å². The molecule has 124 valence electrons. The van der Waals surface area contributed by atoms with E-state index < -0.39 is 10.2 Å². The number of hydrogen-bond acceptors (Lipinski definition) is 4. The van der Waals surface area contributed by atoms with Crippen LogP contribution in [0.25, 0.3) is 11.3 Å². The summed E-state index contributed by atoms with van der Waals surface area (Å²) in [5.74, 6) is 0.896. The molecule has 1 aliphatic heterocycles. The van der Waals surface area contributed by atoms with Crippen molar-refractivity contribution in [2.75, 3.05) is 13.1 Å². The fourth-order valence-electron chi connectivity index (χ4n) is 2.76. The highest BCUT2D eigenvalue weighted by molar-refractivity contribution is 7.87. The van der Waals surface area contributed by atoms with E-state index in [4.69, 9.17) is 4.52 Å².